The molecule has 31 heavy (non-hydrogen) atoms. The van der Waals surface area contributed by atoms with Crippen molar-refractivity contribution < 1.29 is 18.1 Å². The number of non-ortho nitro benzene ring substituents is 1. The molecule has 3 rings (SSSR count). The molecule has 1 aliphatic heterocycles. The molecule has 162 valence electrons. The zero-order chi connectivity index (χ0) is 22.4. The quantitative estimate of drug-likeness (QED) is 0.435. The fourth-order valence-electron chi connectivity index (χ4n) is 3.42. The molecule has 0 saturated carbocycles. The third-order valence-electron chi connectivity index (χ3n) is 5.18. The molecule has 2 aromatic rings. The van der Waals surface area contributed by atoms with Crippen LogP contribution in [0.1, 0.15) is 24.0 Å². The maximum absolute atomic E-state index is 13.0. The molecule has 0 radical (unpaired) electrons. The van der Waals surface area contributed by atoms with Crippen molar-refractivity contribution in [3.05, 3.63) is 69.8 Å². The Morgan fingerprint density at radius 3 is 2.52 bits per heavy atom. The number of aryl methyl sites for hydroxylation is 1. The van der Waals surface area contributed by atoms with E-state index in [0.29, 0.717) is 18.4 Å². The van der Waals surface area contributed by atoms with Crippen LogP contribution in [0, 0.1) is 34.8 Å². The molecule has 1 amide bonds. The molecule has 8 nitrogen and oxygen atoms in total. The van der Waals surface area contributed by atoms with Gasteiger partial charge in [0.2, 0.25) is 15.9 Å². The van der Waals surface area contributed by atoms with E-state index in [-0.39, 0.29) is 42.0 Å². The van der Waals surface area contributed by atoms with E-state index in [4.69, 9.17) is 0 Å². The molecule has 1 heterocycles. The lowest BCUT2D eigenvalue weighted by molar-refractivity contribution is -0.385. The molecule has 1 saturated heterocycles. The van der Waals surface area contributed by atoms with Crippen molar-refractivity contribution in [3.8, 4) is 11.8 Å². The van der Waals surface area contributed by atoms with Crippen LogP contribution in [0.15, 0.2) is 53.4 Å². The van der Waals surface area contributed by atoms with Gasteiger partial charge >= 0.3 is 0 Å². The summed E-state index contributed by atoms with van der Waals surface area (Å²) < 4.78 is 27.3. The van der Waals surface area contributed by atoms with Crippen molar-refractivity contribution in [1.82, 2.24) is 9.62 Å². The van der Waals surface area contributed by atoms with Crippen molar-refractivity contribution in [3.63, 3.8) is 0 Å². The first-order valence-electron chi connectivity index (χ1n) is 9.86. The van der Waals surface area contributed by atoms with Crippen molar-refractivity contribution in [2.75, 3.05) is 19.6 Å². The topological polar surface area (TPSA) is 110 Å². The standard InChI is InChI=1S/C22H23N3O5S/c1-17-9-10-20(25(27)28)16-21(17)31(29,30)24-14-11-19(12-15-24)22(26)23-13-5-8-18-6-3-2-4-7-18/h2-4,6-7,9-10,16,19H,11-15H2,1H3,(H,23,26). The SMILES string of the molecule is Cc1ccc([N+](=O)[O-])cc1S(=O)(=O)N1CCC(C(=O)NCC#Cc2ccccc2)CC1. The molecule has 1 fully saturated rings. The highest BCUT2D eigenvalue weighted by Crippen LogP contribution is 2.28. The molecule has 0 aliphatic carbocycles. The van der Waals surface area contributed by atoms with Crippen LogP contribution in [-0.2, 0) is 14.8 Å². The van der Waals surface area contributed by atoms with Gasteiger partial charge in [-0.15, -0.1) is 0 Å². The van der Waals surface area contributed by atoms with Crippen molar-refractivity contribution in [1.29, 1.82) is 0 Å². The molecular formula is C22H23N3O5S. The van der Waals surface area contributed by atoms with Crippen molar-refractivity contribution >= 4 is 21.6 Å². The van der Waals surface area contributed by atoms with Gasteiger partial charge in [-0.05, 0) is 37.5 Å². The van der Waals surface area contributed by atoms with Gasteiger partial charge in [-0.2, -0.15) is 4.31 Å². The number of nitro groups is 1. The second kappa shape index (κ2) is 9.73. The Morgan fingerprint density at radius 1 is 1.19 bits per heavy atom. The summed E-state index contributed by atoms with van der Waals surface area (Å²) in [6, 6.07) is 13.3. The van der Waals surface area contributed by atoms with Crippen LogP contribution in [0.4, 0.5) is 5.69 Å². The molecule has 0 spiro atoms. The largest absolute Gasteiger partial charge is 0.345 e. The van der Waals surface area contributed by atoms with Gasteiger partial charge in [-0.1, -0.05) is 36.1 Å². The zero-order valence-electron chi connectivity index (χ0n) is 17.1. The summed E-state index contributed by atoms with van der Waals surface area (Å²) in [6.45, 7) is 2.18. The normalized spacial score (nSPS) is 15.0. The van der Waals surface area contributed by atoms with Gasteiger partial charge in [0.15, 0.2) is 0 Å². The summed E-state index contributed by atoms with van der Waals surface area (Å²) in [4.78, 5) is 22.7. The van der Waals surface area contributed by atoms with E-state index < -0.39 is 14.9 Å². The number of nitro benzene ring substituents is 1. The Balaban J connectivity index is 1.57. The van der Waals surface area contributed by atoms with Crippen molar-refractivity contribution in [2.45, 2.75) is 24.7 Å². The Hall–Kier alpha value is -3.22. The molecule has 0 bridgehead atoms. The summed E-state index contributed by atoms with van der Waals surface area (Å²) in [5.74, 6) is 5.43. The number of nitrogens with one attached hydrogen (secondary N) is 1. The Kier molecular flexibility index (Phi) is 7.05. The van der Waals surface area contributed by atoms with E-state index in [1.165, 1.54) is 16.4 Å². The average molecular weight is 442 g/mol. The third kappa shape index (κ3) is 5.48. The second-order valence-electron chi connectivity index (χ2n) is 7.27. The first kappa shape index (κ1) is 22.5. The number of rotatable bonds is 5. The first-order chi connectivity index (χ1) is 14.8. The monoisotopic (exact) mass is 441 g/mol. The number of hydrogen-bond donors (Lipinski definition) is 1. The molecule has 1 N–H and O–H groups in total. The number of carbonyl (C=O) groups is 1. The summed E-state index contributed by atoms with van der Waals surface area (Å²) in [5.41, 5.74) is 1.05. The Morgan fingerprint density at radius 2 is 1.87 bits per heavy atom. The predicted octanol–water partition coefficient (Wildman–Crippen LogP) is 2.47. The molecular weight excluding hydrogens is 418 g/mol. The summed E-state index contributed by atoms with van der Waals surface area (Å²) >= 11 is 0. The molecule has 0 aromatic heterocycles. The van der Waals surface area contributed by atoms with Crippen molar-refractivity contribution in [2.24, 2.45) is 5.92 Å². The van der Waals surface area contributed by atoms with Crippen LogP contribution >= 0.6 is 0 Å². The highest BCUT2D eigenvalue weighted by Gasteiger charge is 2.33. The summed E-state index contributed by atoms with van der Waals surface area (Å²) in [5, 5.41) is 13.8. The van der Waals surface area contributed by atoms with E-state index in [1.807, 2.05) is 30.3 Å². The maximum atomic E-state index is 13.0. The molecule has 2 aromatic carbocycles. The van der Waals surface area contributed by atoms with E-state index in [1.54, 1.807) is 6.92 Å². The minimum absolute atomic E-state index is 0.0687. The van der Waals surface area contributed by atoms with E-state index >= 15 is 0 Å². The third-order valence-corrected chi connectivity index (χ3v) is 7.22. The van der Waals surface area contributed by atoms with E-state index in [2.05, 4.69) is 17.2 Å². The fraction of sp³-hybridized carbons (Fsp3) is 0.318. The highest BCUT2D eigenvalue weighted by molar-refractivity contribution is 7.89. The average Bonchev–Trinajstić information content (AvgIpc) is 2.77. The van der Waals surface area contributed by atoms with Gasteiger partial charge in [0.1, 0.15) is 0 Å². The van der Waals surface area contributed by atoms with Gasteiger partial charge in [0, 0.05) is 36.7 Å². The Labute approximate surface area is 181 Å². The van der Waals surface area contributed by atoms with Gasteiger partial charge in [-0.3, -0.25) is 14.9 Å². The molecule has 1 aliphatic rings. The minimum Gasteiger partial charge on any atom is -0.345 e. The van der Waals surface area contributed by atoms with Crippen LogP contribution in [0.25, 0.3) is 0 Å². The summed E-state index contributed by atoms with van der Waals surface area (Å²) in [7, 11) is -3.87. The van der Waals surface area contributed by atoms with Gasteiger partial charge in [0.05, 0.1) is 16.4 Å². The van der Waals surface area contributed by atoms with Crippen LogP contribution in [0.5, 0.6) is 0 Å². The number of piperidine rings is 1. The number of nitrogens with zero attached hydrogens (tertiary/aromatic N) is 2. The van der Waals surface area contributed by atoms with Crippen LogP contribution in [0.3, 0.4) is 0 Å². The second-order valence-corrected chi connectivity index (χ2v) is 9.18. The smallest absolute Gasteiger partial charge is 0.270 e. The first-order valence-corrected chi connectivity index (χ1v) is 11.3. The molecule has 9 heteroatoms. The van der Waals surface area contributed by atoms with Gasteiger partial charge < -0.3 is 5.32 Å². The lowest BCUT2D eigenvalue weighted by atomic mass is 9.97. The van der Waals surface area contributed by atoms with Crippen LogP contribution < -0.4 is 5.32 Å². The number of benzene rings is 2. The van der Waals surface area contributed by atoms with Gasteiger partial charge in [0.25, 0.3) is 5.69 Å². The number of hydrogen-bond acceptors (Lipinski definition) is 5. The Bertz CT molecular complexity index is 1130. The van der Waals surface area contributed by atoms with E-state index in [9.17, 15) is 23.3 Å². The fourth-order valence-corrected chi connectivity index (χ4v) is 5.14. The highest BCUT2D eigenvalue weighted by atomic mass is 32.2. The maximum Gasteiger partial charge on any atom is 0.270 e. The number of carbonyl (C=O) groups excluding carboxylic acids is 1. The number of sulfonamides is 1. The predicted molar refractivity (Wildman–Crippen MR) is 116 cm³/mol. The number of amides is 1. The minimum atomic E-state index is -3.87. The zero-order valence-corrected chi connectivity index (χ0v) is 17.9. The van der Waals surface area contributed by atoms with Crippen LogP contribution in [0.2, 0.25) is 0 Å². The van der Waals surface area contributed by atoms with Gasteiger partial charge in [-0.25, -0.2) is 8.42 Å². The van der Waals surface area contributed by atoms with E-state index in [0.717, 1.165) is 11.6 Å². The van der Waals surface area contributed by atoms with Crippen LogP contribution in [-0.4, -0.2) is 43.2 Å². The molecule has 0 atom stereocenters. The summed E-state index contributed by atoms with van der Waals surface area (Å²) in [6.07, 6.45) is 0.760. The molecule has 0 unspecified atom stereocenters. The lowest BCUT2D eigenvalue weighted by Gasteiger charge is -2.30. The lowest BCUT2D eigenvalue weighted by Crippen LogP contribution is -2.43.